The number of aliphatic hydroxyl groups is 1. The van der Waals surface area contributed by atoms with Crippen molar-refractivity contribution in [1.29, 1.82) is 0 Å². The van der Waals surface area contributed by atoms with Crippen LogP contribution in [0, 0.1) is 12.8 Å². The van der Waals surface area contributed by atoms with Gasteiger partial charge in [-0.1, -0.05) is 24.4 Å². The van der Waals surface area contributed by atoms with Gasteiger partial charge in [-0.3, -0.25) is 4.68 Å². The van der Waals surface area contributed by atoms with E-state index < -0.39 is 5.60 Å². The number of halogens is 1. The van der Waals surface area contributed by atoms with E-state index in [1.54, 1.807) is 0 Å². The molecule has 2 rings (SSSR count). The van der Waals surface area contributed by atoms with Crippen LogP contribution in [0.2, 0.25) is 5.02 Å². The van der Waals surface area contributed by atoms with Crippen molar-refractivity contribution < 1.29 is 5.11 Å². The monoisotopic (exact) mass is 256 g/mol. The van der Waals surface area contributed by atoms with Crippen LogP contribution < -0.4 is 0 Å². The van der Waals surface area contributed by atoms with E-state index in [1.807, 2.05) is 25.5 Å². The predicted molar refractivity (Wildman–Crippen MR) is 69.3 cm³/mol. The van der Waals surface area contributed by atoms with Crippen LogP contribution in [0.3, 0.4) is 0 Å². The van der Waals surface area contributed by atoms with Gasteiger partial charge >= 0.3 is 0 Å². The molecule has 1 atom stereocenters. The fourth-order valence-corrected chi connectivity index (χ4v) is 2.62. The lowest BCUT2D eigenvalue weighted by molar-refractivity contribution is 0.0435. The predicted octanol–water partition coefficient (Wildman–Crippen LogP) is 2.96. The number of hydrogen-bond donors (Lipinski definition) is 1. The van der Waals surface area contributed by atoms with Gasteiger partial charge in [0.2, 0.25) is 0 Å². The SMILES string of the molecule is CCn1nc(C)c(Cl)c1CC(C)(O)CC1CC1. The van der Waals surface area contributed by atoms with Gasteiger partial charge in [0, 0.05) is 13.0 Å². The summed E-state index contributed by atoms with van der Waals surface area (Å²) >= 11 is 6.26. The highest BCUT2D eigenvalue weighted by Gasteiger charge is 2.33. The molecule has 1 aromatic heterocycles. The van der Waals surface area contributed by atoms with Crippen molar-refractivity contribution in [2.75, 3.05) is 0 Å². The summed E-state index contributed by atoms with van der Waals surface area (Å²) < 4.78 is 1.90. The number of aromatic nitrogens is 2. The number of hydrogen-bond acceptors (Lipinski definition) is 2. The molecule has 0 saturated heterocycles. The normalized spacial score (nSPS) is 19.4. The maximum atomic E-state index is 10.4. The molecule has 0 aromatic carbocycles. The minimum atomic E-state index is -0.662. The Morgan fingerprint density at radius 3 is 2.71 bits per heavy atom. The van der Waals surface area contributed by atoms with E-state index in [1.165, 1.54) is 12.8 Å². The molecule has 1 aliphatic carbocycles. The molecule has 1 heterocycles. The molecule has 17 heavy (non-hydrogen) atoms. The summed E-state index contributed by atoms with van der Waals surface area (Å²) in [7, 11) is 0. The number of nitrogens with zero attached hydrogens (tertiary/aromatic N) is 2. The summed E-state index contributed by atoms with van der Waals surface area (Å²) in [5.74, 6) is 0.711. The van der Waals surface area contributed by atoms with Crippen LogP contribution in [0.1, 0.15) is 44.5 Å². The lowest BCUT2D eigenvalue weighted by atomic mass is 9.93. The Kier molecular flexibility index (Phi) is 3.50. The summed E-state index contributed by atoms with van der Waals surface area (Å²) in [6.45, 7) is 6.65. The van der Waals surface area contributed by atoms with Gasteiger partial charge in [-0.2, -0.15) is 5.10 Å². The summed E-state index contributed by atoms with van der Waals surface area (Å²) in [5, 5.41) is 15.5. The van der Waals surface area contributed by atoms with Crippen LogP contribution in [0.4, 0.5) is 0 Å². The second-order valence-electron chi connectivity index (χ2n) is 5.48. The van der Waals surface area contributed by atoms with E-state index in [9.17, 15) is 5.11 Å². The second-order valence-corrected chi connectivity index (χ2v) is 5.86. The maximum Gasteiger partial charge on any atom is 0.0848 e. The van der Waals surface area contributed by atoms with Crippen molar-refractivity contribution in [3.63, 3.8) is 0 Å². The van der Waals surface area contributed by atoms with Crippen LogP contribution in [-0.4, -0.2) is 20.5 Å². The molecule has 1 unspecified atom stereocenters. The standard InChI is InChI=1S/C13H21ClN2O/c1-4-16-11(12(14)9(2)15-16)8-13(3,17)7-10-5-6-10/h10,17H,4-8H2,1-3H3. The molecule has 0 aliphatic heterocycles. The van der Waals surface area contributed by atoms with Gasteiger partial charge in [0.15, 0.2) is 0 Å². The fourth-order valence-electron chi connectivity index (χ4n) is 2.41. The van der Waals surface area contributed by atoms with Gasteiger partial charge in [0.25, 0.3) is 0 Å². The second kappa shape index (κ2) is 4.62. The quantitative estimate of drug-likeness (QED) is 0.880. The van der Waals surface area contributed by atoms with Crippen LogP contribution in [0.15, 0.2) is 0 Å². The minimum Gasteiger partial charge on any atom is -0.390 e. The Hall–Kier alpha value is -0.540. The third-order valence-electron chi connectivity index (χ3n) is 3.43. The first-order valence-corrected chi connectivity index (χ1v) is 6.75. The first-order valence-electron chi connectivity index (χ1n) is 6.37. The lowest BCUT2D eigenvalue weighted by Gasteiger charge is -2.23. The van der Waals surface area contributed by atoms with Crippen molar-refractivity contribution in [1.82, 2.24) is 9.78 Å². The molecule has 0 amide bonds. The maximum absolute atomic E-state index is 10.4. The van der Waals surface area contributed by atoms with E-state index in [4.69, 9.17) is 11.6 Å². The van der Waals surface area contributed by atoms with Crippen molar-refractivity contribution in [2.45, 2.75) is 58.6 Å². The van der Waals surface area contributed by atoms with Crippen molar-refractivity contribution in [3.05, 3.63) is 16.4 Å². The molecular formula is C13H21ClN2O. The summed E-state index contributed by atoms with van der Waals surface area (Å²) in [6.07, 6.45) is 3.99. The zero-order valence-corrected chi connectivity index (χ0v) is 11.6. The van der Waals surface area contributed by atoms with Crippen LogP contribution in [-0.2, 0) is 13.0 Å². The number of aryl methyl sites for hydroxylation is 2. The van der Waals surface area contributed by atoms with E-state index in [0.29, 0.717) is 17.4 Å². The van der Waals surface area contributed by atoms with E-state index in [-0.39, 0.29) is 0 Å². The molecule has 0 spiro atoms. The zero-order valence-electron chi connectivity index (χ0n) is 10.8. The summed E-state index contributed by atoms with van der Waals surface area (Å²) in [4.78, 5) is 0. The van der Waals surface area contributed by atoms with Gasteiger partial charge in [-0.25, -0.2) is 0 Å². The molecular weight excluding hydrogens is 236 g/mol. The van der Waals surface area contributed by atoms with Crippen LogP contribution in [0.5, 0.6) is 0 Å². The van der Waals surface area contributed by atoms with E-state index >= 15 is 0 Å². The highest BCUT2D eigenvalue weighted by molar-refractivity contribution is 6.31. The molecule has 1 fully saturated rings. The molecule has 3 nitrogen and oxygen atoms in total. The largest absolute Gasteiger partial charge is 0.390 e. The summed E-state index contributed by atoms with van der Waals surface area (Å²) in [5.41, 5.74) is 1.16. The Labute approximate surface area is 108 Å². The van der Waals surface area contributed by atoms with E-state index in [2.05, 4.69) is 5.10 Å². The van der Waals surface area contributed by atoms with Gasteiger partial charge in [-0.15, -0.1) is 0 Å². The first kappa shape index (κ1) is 12.9. The highest BCUT2D eigenvalue weighted by Crippen LogP contribution is 2.38. The van der Waals surface area contributed by atoms with Gasteiger partial charge < -0.3 is 5.11 Å². The smallest absolute Gasteiger partial charge is 0.0848 e. The van der Waals surface area contributed by atoms with Gasteiger partial charge in [0.05, 0.1) is 22.0 Å². The molecule has 4 heteroatoms. The third kappa shape index (κ3) is 3.02. The fraction of sp³-hybridized carbons (Fsp3) is 0.769. The molecule has 1 aliphatic rings. The topological polar surface area (TPSA) is 38.0 Å². The van der Waals surface area contributed by atoms with Crippen molar-refractivity contribution in [2.24, 2.45) is 5.92 Å². The average Bonchev–Trinajstić information content (AvgIpc) is 3.00. The van der Waals surface area contributed by atoms with E-state index in [0.717, 1.165) is 24.4 Å². The highest BCUT2D eigenvalue weighted by atomic mass is 35.5. The Bertz CT molecular complexity index is 408. The average molecular weight is 257 g/mol. The molecule has 0 bridgehead atoms. The Morgan fingerprint density at radius 2 is 2.18 bits per heavy atom. The van der Waals surface area contributed by atoms with Crippen LogP contribution >= 0.6 is 11.6 Å². The summed E-state index contributed by atoms with van der Waals surface area (Å²) in [6, 6.07) is 0. The van der Waals surface area contributed by atoms with Crippen molar-refractivity contribution >= 4 is 11.6 Å². The van der Waals surface area contributed by atoms with Crippen molar-refractivity contribution in [3.8, 4) is 0 Å². The molecule has 0 radical (unpaired) electrons. The molecule has 96 valence electrons. The third-order valence-corrected chi connectivity index (χ3v) is 3.92. The zero-order chi connectivity index (χ0) is 12.6. The lowest BCUT2D eigenvalue weighted by Crippen LogP contribution is -2.29. The molecule has 1 N–H and O–H groups in total. The van der Waals surface area contributed by atoms with Gasteiger partial charge in [0.1, 0.15) is 0 Å². The first-order chi connectivity index (χ1) is 7.93. The van der Waals surface area contributed by atoms with Gasteiger partial charge in [-0.05, 0) is 33.1 Å². The molecule has 1 saturated carbocycles. The Balaban J connectivity index is 2.15. The Morgan fingerprint density at radius 1 is 1.53 bits per heavy atom. The van der Waals surface area contributed by atoms with Crippen LogP contribution in [0.25, 0.3) is 0 Å². The molecule has 1 aromatic rings. The minimum absolute atomic E-state index is 0.594. The number of rotatable bonds is 5.